The van der Waals surface area contributed by atoms with Crippen LogP contribution in [0.1, 0.15) is 32.4 Å². The van der Waals surface area contributed by atoms with E-state index in [0.29, 0.717) is 12.4 Å². The Kier molecular flexibility index (Phi) is 5.75. The van der Waals surface area contributed by atoms with E-state index in [1.54, 1.807) is 12.1 Å². The number of rotatable bonds is 6. The monoisotopic (exact) mass is 426 g/mol. The van der Waals surface area contributed by atoms with Gasteiger partial charge in [0.25, 0.3) is 0 Å². The van der Waals surface area contributed by atoms with Gasteiger partial charge >= 0.3 is 0 Å². The molecule has 0 saturated carbocycles. The standard InChI is InChI=1S/C23H23FN2O5/c1-14(15-4-6-21-16(8-15)5-7-22(27)26-21)29-18-9-17(24)10-19(11-18)31-25-12-20-13-28-23(2,3)30-20/h4-12,14,20H,13H2,1-3H3,(H,26,27)/b25-12-/t14?,20-/m0/s1. The van der Waals surface area contributed by atoms with Gasteiger partial charge in [-0.25, -0.2) is 4.39 Å². The molecule has 162 valence electrons. The second-order valence-corrected chi connectivity index (χ2v) is 7.76. The van der Waals surface area contributed by atoms with Gasteiger partial charge in [-0.2, -0.15) is 0 Å². The molecule has 1 aliphatic heterocycles. The maximum atomic E-state index is 14.1. The highest BCUT2D eigenvalue weighted by atomic mass is 19.1. The number of nitrogens with one attached hydrogen (secondary N) is 1. The highest BCUT2D eigenvalue weighted by Crippen LogP contribution is 2.28. The fourth-order valence-corrected chi connectivity index (χ4v) is 3.30. The summed E-state index contributed by atoms with van der Waals surface area (Å²) in [5, 5.41) is 4.75. The summed E-state index contributed by atoms with van der Waals surface area (Å²) in [5.41, 5.74) is 1.46. The molecule has 2 atom stereocenters. The summed E-state index contributed by atoms with van der Waals surface area (Å²) in [6, 6.07) is 12.9. The fourth-order valence-electron chi connectivity index (χ4n) is 3.30. The third-order valence-electron chi connectivity index (χ3n) is 4.79. The van der Waals surface area contributed by atoms with Gasteiger partial charge in [0.05, 0.1) is 12.8 Å². The van der Waals surface area contributed by atoms with Crippen LogP contribution in [0.15, 0.2) is 58.5 Å². The number of hydrogen-bond acceptors (Lipinski definition) is 6. The third-order valence-corrected chi connectivity index (χ3v) is 4.79. The molecule has 0 bridgehead atoms. The van der Waals surface area contributed by atoms with Gasteiger partial charge in [-0.15, -0.1) is 0 Å². The van der Waals surface area contributed by atoms with Crippen LogP contribution in [-0.4, -0.2) is 29.7 Å². The molecule has 3 aromatic rings. The SMILES string of the molecule is CC(Oc1cc(F)cc(O/N=C\[C@H]2COC(C)(C)O2)c1)c1ccc2[nH]c(=O)ccc2c1. The fraction of sp³-hybridized carbons (Fsp3) is 0.304. The molecule has 7 nitrogen and oxygen atoms in total. The number of fused-ring (bicyclic) bond motifs is 1. The molecular weight excluding hydrogens is 403 g/mol. The second kappa shape index (κ2) is 8.49. The van der Waals surface area contributed by atoms with Crippen molar-refractivity contribution in [3.63, 3.8) is 0 Å². The van der Waals surface area contributed by atoms with Gasteiger partial charge in [0.1, 0.15) is 23.8 Å². The van der Waals surface area contributed by atoms with Crippen LogP contribution >= 0.6 is 0 Å². The van der Waals surface area contributed by atoms with Gasteiger partial charge in [-0.1, -0.05) is 11.2 Å². The van der Waals surface area contributed by atoms with Crippen molar-refractivity contribution in [3.8, 4) is 11.5 Å². The molecule has 0 amide bonds. The molecule has 0 spiro atoms. The van der Waals surface area contributed by atoms with Crippen LogP contribution in [0.3, 0.4) is 0 Å². The zero-order valence-corrected chi connectivity index (χ0v) is 17.4. The van der Waals surface area contributed by atoms with E-state index < -0.39 is 11.6 Å². The Hall–Kier alpha value is -3.23. The number of aromatic nitrogens is 1. The van der Waals surface area contributed by atoms with E-state index in [9.17, 15) is 9.18 Å². The summed E-state index contributed by atoms with van der Waals surface area (Å²) in [5.74, 6) is -0.661. The Morgan fingerprint density at radius 3 is 2.77 bits per heavy atom. The predicted octanol–water partition coefficient (Wildman–Crippen LogP) is 4.32. The molecule has 1 fully saturated rings. The van der Waals surface area contributed by atoms with Crippen molar-refractivity contribution in [3.05, 3.63) is 70.3 Å². The molecule has 1 aromatic heterocycles. The number of oxime groups is 1. The van der Waals surface area contributed by atoms with Crippen molar-refractivity contribution in [2.75, 3.05) is 6.61 Å². The largest absolute Gasteiger partial charge is 0.486 e. The molecule has 1 saturated heterocycles. The van der Waals surface area contributed by atoms with Crippen LogP contribution in [0, 0.1) is 5.82 Å². The molecule has 1 N–H and O–H groups in total. The lowest BCUT2D eigenvalue weighted by atomic mass is 10.1. The minimum absolute atomic E-state index is 0.157. The van der Waals surface area contributed by atoms with Crippen LogP contribution in [-0.2, 0) is 9.47 Å². The lowest BCUT2D eigenvalue weighted by Gasteiger charge is -2.16. The van der Waals surface area contributed by atoms with E-state index in [2.05, 4.69) is 10.1 Å². The molecule has 0 aliphatic carbocycles. The van der Waals surface area contributed by atoms with Gasteiger partial charge in [0.15, 0.2) is 11.5 Å². The van der Waals surface area contributed by atoms with Crippen LogP contribution in [0.25, 0.3) is 10.9 Å². The topological polar surface area (TPSA) is 82.1 Å². The van der Waals surface area contributed by atoms with E-state index in [1.807, 2.05) is 39.0 Å². The van der Waals surface area contributed by atoms with Crippen molar-refractivity contribution < 1.29 is 23.4 Å². The summed E-state index contributed by atoms with van der Waals surface area (Å²) in [7, 11) is 0. The zero-order chi connectivity index (χ0) is 22.0. The zero-order valence-electron chi connectivity index (χ0n) is 17.4. The summed E-state index contributed by atoms with van der Waals surface area (Å²) < 4.78 is 31.0. The summed E-state index contributed by atoms with van der Waals surface area (Å²) in [4.78, 5) is 19.5. The highest BCUT2D eigenvalue weighted by molar-refractivity contribution is 5.79. The van der Waals surface area contributed by atoms with Crippen molar-refractivity contribution in [1.82, 2.24) is 4.98 Å². The van der Waals surface area contributed by atoms with E-state index >= 15 is 0 Å². The molecule has 2 heterocycles. The van der Waals surface area contributed by atoms with Gasteiger partial charge in [0.2, 0.25) is 5.56 Å². The summed E-state index contributed by atoms with van der Waals surface area (Å²) in [6.45, 7) is 5.85. The van der Waals surface area contributed by atoms with Crippen molar-refractivity contribution in [1.29, 1.82) is 0 Å². The lowest BCUT2D eigenvalue weighted by Crippen LogP contribution is -2.22. The van der Waals surface area contributed by atoms with Crippen molar-refractivity contribution >= 4 is 17.1 Å². The Bertz CT molecular complexity index is 1170. The molecule has 8 heteroatoms. The molecule has 2 aromatic carbocycles. The quantitative estimate of drug-likeness (QED) is 0.469. The summed E-state index contributed by atoms with van der Waals surface area (Å²) >= 11 is 0. The predicted molar refractivity (Wildman–Crippen MR) is 114 cm³/mol. The number of nitrogens with zero attached hydrogens (tertiary/aromatic N) is 1. The van der Waals surface area contributed by atoms with Crippen molar-refractivity contribution in [2.45, 2.75) is 38.8 Å². The number of halogens is 1. The van der Waals surface area contributed by atoms with Gasteiger partial charge in [0, 0.05) is 29.8 Å². The number of ether oxygens (including phenoxy) is 3. The number of aromatic amines is 1. The number of hydrogen-bond donors (Lipinski definition) is 1. The smallest absolute Gasteiger partial charge is 0.248 e. The van der Waals surface area contributed by atoms with E-state index in [4.69, 9.17) is 19.0 Å². The van der Waals surface area contributed by atoms with E-state index in [1.165, 1.54) is 24.4 Å². The maximum absolute atomic E-state index is 14.1. The van der Waals surface area contributed by atoms with Crippen LogP contribution in [0.5, 0.6) is 11.5 Å². The number of H-pyrrole nitrogens is 1. The second-order valence-electron chi connectivity index (χ2n) is 7.76. The Morgan fingerprint density at radius 1 is 1.19 bits per heavy atom. The van der Waals surface area contributed by atoms with Crippen LogP contribution < -0.4 is 15.1 Å². The summed E-state index contributed by atoms with van der Waals surface area (Å²) in [6.07, 6.45) is 0.783. The Morgan fingerprint density at radius 2 is 2.00 bits per heavy atom. The van der Waals surface area contributed by atoms with Gasteiger partial charge in [-0.05, 0) is 49.9 Å². The first kappa shape index (κ1) is 21.0. The van der Waals surface area contributed by atoms with Crippen molar-refractivity contribution in [2.24, 2.45) is 5.16 Å². The molecule has 1 aliphatic rings. The highest BCUT2D eigenvalue weighted by Gasteiger charge is 2.31. The molecule has 0 radical (unpaired) electrons. The Balaban J connectivity index is 1.44. The van der Waals surface area contributed by atoms with Crippen LogP contribution in [0.4, 0.5) is 4.39 Å². The van der Waals surface area contributed by atoms with E-state index in [-0.39, 0.29) is 23.5 Å². The molecule has 4 rings (SSSR count). The minimum atomic E-state index is -0.662. The first-order valence-corrected chi connectivity index (χ1v) is 9.90. The lowest BCUT2D eigenvalue weighted by molar-refractivity contribution is -0.131. The van der Waals surface area contributed by atoms with Crippen LogP contribution in [0.2, 0.25) is 0 Å². The number of benzene rings is 2. The maximum Gasteiger partial charge on any atom is 0.248 e. The Labute approximate surface area is 178 Å². The molecule has 31 heavy (non-hydrogen) atoms. The normalized spacial score (nSPS) is 19.0. The van der Waals surface area contributed by atoms with E-state index in [0.717, 1.165) is 16.5 Å². The minimum Gasteiger partial charge on any atom is -0.486 e. The molecular formula is C23H23FN2O5. The first-order chi connectivity index (χ1) is 14.8. The molecule has 1 unspecified atom stereocenters. The first-order valence-electron chi connectivity index (χ1n) is 9.90. The average Bonchev–Trinajstić information content (AvgIpc) is 3.05. The number of pyridine rings is 1. The average molecular weight is 426 g/mol. The van der Waals surface area contributed by atoms with Gasteiger partial charge < -0.3 is 24.0 Å². The van der Waals surface area contributed by atoms with Gasteiger partial charge in [-0.3, -0.25) is 4.79 Å². The third kappa shape index (κ3) is 5.28.